The largest absolute Gasteiger partial charge is 0.444 e. The lowest BCUT2D eigenvalue weighted by Gasteiger charge is -2.41. The van der Waals surface area contributed by atoms with Crippen LogP contribution in [0.2, 0.25) is 0 Å². The summed E-state index contributed by atoms with van der Waals surface area (Å²) in [4.78, 5) is 34.3. The number of ether oxygens (including phenoxy) is 2. The van der Waals surface area contributed by atoms with E-state index in [1.54, 1.807) is 0 Å². The molecular weight excluding hydrogens is 506 g/mol. The van der Waals surface area contributed by atoms with Gasteiger partial charge in [-0.2, -0.15) is 0 Å². The second-order valence-corrected chi connectivity index (χ2v) is 13.4. The van der Waals surface area contributed by atoms with Crippen molar-refractivity contribution >= 4 is 24.2 Å². The summed E-state index contributed by atoms with van der Waals surface area (Å²) in [5.74, 6) is 0. The number of hydrogen-bond acceptors (Lipinski definition) is 7. The minimum atomic E-state index is -0.551. The van der Waals surface area contributed by atoms with E-state index < -0.39 is 17.3 Å². The second kappa shape index (κ2) is 10.2. The monoisotopic (exact) mass is 549 g/mol. The molecule has 0 radical (unpaired) electrons. The number of allylic oxidation sites excluding steroid dienone is 2. The minimum Gasteiger partial charge on any atom is -0.444 e. The summed E-state index contributed by atoms with van der Waals surface area (Å²) in [5, 5.41) is 6.23. The molecule has 216 valence electrons. The SMILES string of the molecule is CC1=C2C(=CC1)NC=N[C@H]2N1CC2(CCN(C(=O)OC(C)(C)C)CC2)c2cc(CNC(=O)OC(C)(C)C)ccc21. The highest BCUT2D eigenvalue weighted by Gasteiger charge is 2.48. The molecule has 40 heavy (non-hydrogen) atoms. The lowest BCUT2D eigenvalue weighted by molar-refractivity contribution is 0.0170. The molecule has 1 aliphatic carbocycles. The lowest BCUT2D eigenvalue weighted by Crippen LogP contribution is -2.50. The minimum absolute atomic E-state index is 0.0947. The molecule has 1 aromatic rings. The first kappa shape index (κ1) is 28.1. The van der Waals surface area contributed by atoms with Crippen molar-refractivity contribution in [3.8, 4) is 0 Å². The van der Waals surface area contributed by atoms with Crippen molar-refractivity contribution in [2.45, 2.75) is 97.1 Å². The van der Waals surface area contributed by atoms with Crippen molar-refractivity contribution < 1.29 is 19.1 Å². The van der Waals surface area contributed by atoms with Crippen molar-refractivity contribution in [2.75, 3.05) is 24.5 Å². The summed E-state index contributed by atoms with van der Waals surface area (Å²) in [7, 11) is 0. The van der Waals surface area contributed by atoms with Crippen LogP contribution in [0.15, 0.2) is 46.1 Å². The molecule has 3 heterocycles. The van der Waals surface area contributed by atoms with Gasteiger partial charge in [0.05, 0.1) is 6.34 Å². The maximum atomic E-state index is 12.8. The zero-order valence-corrected chi connectivity index (χ0v) is 24.9. The number of benzene rings is 1. The van der Waals surface area contributed by atoms with E-state index in [-0.39, 0.29) is 17.7 Å². The number of aliphatic imine (C=N–C) groups is 1. The molecule has 1 saturated heterocycles. The number of piperidine rings is 1. The van der Waals surface area contributed by atoms with Crippen LogP contribution in [0.1, 0.15) is 78.9 Å². The number of amides is 2. The highest BCUT2D eigenvalue weighted by molar-refractivity contribution is 5.73. The van der Waals surface area contributed by atoms with Gasteiger partial charge in [-0.3, -0.25) is 0 Å². The number of hydrogen-bond donors (Lipinski definition) is 2. The number of likely N-dealkylation sites (tertiary alicyclic amines) is 1. The quantitative estimate of drug-likeness (QED) is 0.527. The van der Waals surface area contributed by atoms with Crippen LogP contribution in [0.4, 0.5) is 15.3 Å². The van der Waals surface area contributed by atoms with E-state index in [9.17, 15) is 9.59 Å². The molecule has 3 aliphatic heterocycles. The van der Waals surface area contributed by atoms with Crippen molar-refractivity contribution in [1.82, 2.24) is 15.5 Å². The molecule has 5 rings (SSSR count). The van der Waals surface area contributed by atoms with E-state index in [2.05, 4.69) is 46.7 Å². The van der Waals surface area contributed by atoms with Gasteiger partial charge in [0.1, 0.15) is 11.2 Å². The molecule has 1 atom stereocenters. The fraction of sp³-hybridized carbons (Fsp3) is 0.581. The molecule has 1 fully saturated rings. The Bertz CT molecular complexity index is 1280. The zero-order chi connectivity index (χ0) is 28.9. The van der Waals surface area contributed by atoms with Gasteiger partial charge in [-0.05, 0) is 84.9 Å². The number of carbonyl (C=O) groups excluding carboxylic acids is 2. The van der Waals surface area contributed by atoms with Crippen LogP contribution in [0, 0.1) is 0 Å². The first-order chi connectivity index (χ1) is 18.7. The predicted octanol–water partition coefficient (Wildman–Crippen LogP) is 5.36. The van der Waals surface area contributed by atoms with Gasteiger partial charge in [-0.15, -0.1) is 0 Å². The van der Waals surface area contributed by atoms with E-state index in [0.29, 0.717) is 19.6 Å². The average Bonchev–Trinajstić information content (AvgIpc) is 3.39. The third kappa shape index (κ3) is 5.69. The van der Waals surface area contributed by atoms with Crippen LogP contribution in [0.5, 0.6) is 0 Å². The molecule has 0 unspecified atom stereocenters. The number of nitrogens with zero attached hydrogens (tertiary/aromatic N) is 3. The number of rotatable bonds is 3. The summed E-state index contributed by atoms with van der Waals surface area (Å²) in [5.41, 5.74) is 5.99. The molecule has 2 amide bonds. The van der Waals surface area contributed by atoms with Gasteiger partial charge in [0, 0.05) is 48.6 Å². The van der Waals surface area contributed by atoms with Gasteiger partial charge >= 0.3 is 12.2 Å². The van der Waals surface area contributed by atoms with Crippen LogP contribution < -0.4 is 15.5 Å². The molecule has 0 saturated carbocycles. The molecule has 0 aromatic heterocycles. The fourth-order valence-corrected chi connectivity index (χ4v) is 6.13. The van der Waals surface area contributed by atoms with Crippen LogP contribution >= 0.6 is 0 Å². The van der Waals surface area contributed by atoms with Crippen LogP contribution in [0.3, 0.4) is 0 Å². The van der Waals surface area contributed by atoms with Crippen molar-refractivity contribution in [1.29, 1.82) is 0 Å². The standard InChI is InChI=1S/C31H43N5O4/c1-20-8-10-23-25(20)26(34-19-33-23)36-18-31(12-14-35(15-13-31)28(38)40-30(5,6)7)22-16-21(9-11-24(22)36)17-32-27(37)39-29(2,3)4/h9-11,16,19,26H,8,12-15,17-18H2,1-7H3,(H,32,37)(H,33,34)/t26-/m0/s1. The molecule has 9 heteroatoms. The molecule has 0 bridgehead atoms. The Balaban J connectivity index is 1.42. The predicted molar refractivity (Wildman–Crippen MR) is 156 cm³/mol. The summed E-state index contributed by atoms with van der Waals surface area (Å²) in [6.45, 7) is 15.9. The highest BCUT2D eigenvalue weighted by Crippen LogP contribution is 2.50. The van der Waals surface area contributed by atoms with E-state index >= 15 is 0 Å². The Morgan fingerprint density at radius 1 is 1.10 bits per heavy atom. The Hall–Kier alpha value is -3.49. The number of anilines is 1. The molecule has 2 N–H and O–H groups in total. The third-order valence-electron chi connectivity index (χ3n) is 7.97. The van der Waals surface area contributed by atoms with Crippen LogP contribution in [0.25, 0.3) is 0 Å². The van der Waals surface area contributed by atoms with Crippen LogP contribution in [-0.2, 0) is 21.4 Å². The summed E-state index contributed by atoms with van der Waals surface area (Å²) < 4.78 is 11.1. The lowest BCUT2D eigenvalue weighted by atomic mass is 9.74. The van der Waals surface area contributed by atoms with Crippen molar-refractivity contribution in [2.24, 2.45) is 4.99 Å². The average molecular weight is 550 g/mol. The maximum absolute atomic E-state index is 12.8. The number of fused-ring (bicyclic) bond motifs is 3. The Morgan fingerprint density at radius 3 is 2.48 bits per heavy atom. The van der Waals surface area contributed by atoms with Gasteiger partial charge in [0.25, 0.3) is 0 Å². The van der Waals surface area contributed by atoms with Crippen LogP contribution in [-0.4, -0.2) is 60.4 Å². The summed E-state index contributed by atoms with van der Waals surface area (Å²) >= 11 is 0. The molecule has 1 spiro atoms. The fourth-order valence-electron chi connectivity index (χ4n) is 6.13. The first-order valence-electron chi connectivity index (χ1n) is 14.3. The molecule has 1 aromatic carbocycles. The topological polar surface area (TPSA) is 95.5 Å². The first-order valence-corrected chi connectivity index (χ1v) is 14.3. The normalized spacial score (nSPS) is 21.6. The van der Waals surface area contributed by atoms with E-state index in [0.717, 1.165) is 37.1 Å². The van der Waals surface area contributed by atoms with Gasteiger partial charge in [0.15, 0.2) is 6.17 Å². The summed E-state index contributed by atoms with van der Waals surface area (Å²) in [6.07, 6.45) is 5.86. The van der Waals surface area contributed by atoms with Crippen molar-refractivity contribution in [3.63, 3.8) is 0 Å². The van der Waals surface area contributed by atoms with E-state index in [1.165, 1.54) is 22.4 Å². The highest BCUT2D eigenvalue weighted by atomic mass is 16.6. The van der Waals surface area contributed by atoms with Gasteiger partial charge < -0.3 is 29.9 Å². The smallest absolute Gasteiger partial charge is 0.410 e. The van der Waals surface area contributed by atoms with Gasteiger partial charge in [0.2, 0.25) is 0 Å². The third-order valence-corrected chi connectivity index (χ3v) is 7.97. The Labute approximate surface area is 237 Å². The van der Waals surface area contributed by atoms with E-state index in [1.807, 2.05) is 52.8 Å². The summed E-state index contributed by atoms with van der Waals surface area (Å²) in [6, 6.07) is 6.48. The molecule has 9 nitrogen and oxygen atoms in total. The number of carbonyl (C=O) groups is 2. The van der Waals surface area contributed by atoms with Gasteiger partial charge in [-0.25, -0.2) is 14.6 Å². The number of alkyl carbamates (subject to hydrolysis) is 1. The van der Waals surface area contributed by atoms with E-state index in [4.69, 9.17) is 14.5 Å². The Kier molecular flexibility index (Phi) is 7.13. The second-order valence-electron chi connectivity index (χ2n) is 13.4. The van der Waals surface area contributed by atoms with Gasteiger partial charge in [-0.1, -0.05) is 23.8 Å². The Morgan fingerprint density at radius 2 is 1.80 bits per heavy atom. The molecular formula is C31H43N5O4. The van der Waals surface area contributed by atoms with Crippen molar-refractivity contribution in [3.05, 3.63) is 52.2 Å². The maximum Gasteiger partial charge on any atom is 0.410 e. The molecule has 4 aliphatic rings. The number of nitrogens with one attached hydrogen (secondary N) is 2. The zero-order valence-electron chi connectivity index (χ0n) is 24.9.